The number of pyridine rings is 1. The summed E-state index contributed by atoms with van der Waals surface area (Å²) >= 11 is 0. The number of hydrogen-bond acceptors (Lipinski definition) is 2. The van der Waals surface area contributed by atoms with Crippen LogP contribution in [0.1, 0.15) is 31.0 Å². The number of carboxylic acids is 1. The molecule has 1 N–H and O–H groups in total. The molecule has 0 aliphatic rings. The van der Waals surface area contributed by atoms with Gasteiger partial charge in [-0.25, -0.2) is 0 Å². The minimum absolute atomic E-state index is 0.522. The summed E-state index contributed by atoms with van der Waals surface area (Å²) in [6, 6.07) is 3.69. The number of aliphatic carboxylic acids is 1. The van der Waals surface area contributed by atoms with Crippen LogP contribution < -0.4 is 0 Å². The Kier molecular flexibility index (Phi) is 3.01. The van der Waals surface area contributed by atoms with Crippen LogP contribution in [0.4, 0.5) is 0 Å². The average Bonchev–Trinajstić information content (AvgIpc) is 2.17. The monoisotopic (exact) mass is 179 g/mol. The Labute approximate surface area is 77.4 Å². The van der Waals surface area contributed by atoms with Crippen molar-refractivity contribution >= 4 is 5.97 Å². The summed E-state index contributed by atoms with van der Waals surface area (Å²) in [4.78, 5) is 14.7. The van der Waals surface area contributed by atoms with Gasteiger partial charge >= 0.3 is 5.97 Å². The fourth-order valence-corrected chi connectivity index (χ4v) is 1.03. The van der Waals surface area contributed by atoms with E-state index < -0.39 is 11.9 Å². The lowest BCUT2D eigenvalue weighted by Crippen LogP contribution is -2.09. The predicted molar refractivity (Wildman–Crippen MR) is 49.7 cm³/mol. The highest BCUT2D eigenvalue weighted by Crippen LogP contribution is 2.12. The first-order chi connectivity index (χ1) is 6.15. The number of aromatic nitrogens is 1. The predicted octanol–water partition coefficient (Wildman–Crippen LogP) is 1.83. The van der Waals surface area contributed by atoms with Crippen molar-refractivity contribution in [1.82, 2.24) is 4.98 Å². The first-order valence-corrected chi connectivity index (χ1v) is 4.32. The SMILES string of the molecule is CCc1ccc(C(C)C(=O)O)nc1. The van der Waals surface area contributed by atoms with E-state index in [1.807, 2.05) is 13.0 Å². The molecule has 0 radical (unpaired) electrons. The van der Waals surface area contributed by atoms with E-state index in [2.05, 4.69) is 4.98 Å². The Bertz CT molecular complexity index is 292. The van der Waals surface area contributed by atoms with Crippen molar-refractivity contribution in [2.45, 2.75) is 26.2 Å². The first kappa shape index (κ1) is 9.71. The van der Waals surface area contributed by atoms with Gasteiger partial charge in [-0.3, -0.25) is 9.78 Å². The molecular weight excluding hydrogens is 166 g/mol. The molecule has 0 fully saturated rings. The minimum Gasteiger partial charge on any atom is -0.481 e. The third-order valence-electron chi connectivity index (χ3n) is 2.07. The third kappa shape index (κ3) is 2.28. The molecule has 1 heterocycles. The van der Waals surface area contributed by atoms with Crippen molar-refractivity contribution in [3.63, 3.8) is 0 Å². The van der Waals surface area contributed by atoms with E-state index in [1.165, 1.54) is 0 Å². The fourth-order valence-electron chi connectivity index (χ4n) is 1.03. The van der Waals surface area contributed by atoms with Gasteiger partial charge in [0, 0.05) is 6.20 Å². The Hall–Kier alpha value is -1.38. The maximum absolute atomic E-state index is 10.6. The Balaban J connectivity index is 2.85. The molecule has 0 amide bonds. The number of carboxylic acid groups (broad SMARTS) is 1. The molecule has 0 aliphatic heterocycles. The highest BCUT2D eigenvalue weighted by Gasteiger charge is 2.14. The van der Waals surface area contributed by atoms with Crippen LogP contribution in [0.3, 0.4) is 0 Å². The Morgan fingerprint density at radius 3 is 2.69 bits per heavy atom. The molecule has 0 saturated carbocycles. The molecule has 3 nitrogen and oxygen atoms in total. The number of carbonyl (C=O) groups is 1. The van der Waals surface area contributed by atoms with Gasteiger partial charge in [-0.1, -0.05) is 13.0 Å². The summed E-state index contributed by atoms with van der Waals surface area (Å²) < 4.78 is 0. The largest absolute Gasteiger partial charge is 0.481 e. The van der Waals surface area contributed by atoms with Gasteiger partial charge < -0.3 is 5.11 Å². The number of rotatable bonds is 3. The first-order valence-electron chi connectivity index (χ1n) is 4.32. The van der Waals surface area contributed by atoms with Crippen LogP contribution in [0.15, 0.2) is 18.3 Å². The lowest BCUT2D eigenvalue weighted by Gasteiger charge is -2.05. The quantitative estimate of drug-likeness (QED) is 0.770. The molecule has 1 atom stereocenters. The van der Waals surface area contributed by atoms with Crippen LogP contribution in [0.2, 0.25) is 0 Å². The van der Waals surface area contributed by atoms with Crippen molar-refractivity contribution < 1.29 is 9.90 Å². The van der Waals surface area contributed by atoms with Crippen LogP contribution >= 0.6 is 0 Å². The molecule has 13 heavy (non-hydrogen) atoms. The lowest BCUT2D eigenvalue weighted by molar-refractivity contribution is -0.138. The highest BCUT2D eigenvalue weighted by molar-refractivity contribution is 5.74. The molecule has 1 aromatic rings. The highest BCUT2D eigenvalue weighted by atomic mass is 16.4. The molecule has 1 rings (SSSR count). The molecule has 0 spiro atoms. The van der Waals surface area contributed by atoms with Crippen molar-refractivity contribution in [2.75, 3.05) is 0 Å². The van der Waals surface area contributed by atoms with Crippen LogP contribution in [-0.4, -0.2) is 16.1 Å². The molecule has 1 aromatic heterocycles. The van der Waals surface area contributed by atoms with Gasteiger partial charge in [0.05, 0.1) is 11.6 Å². The maximum Gasteiger partial charge on any atom is 0.312 e. The second kappa shape index (κ2) is 4.03. The molecule has 0 aliphatic carbocycles. The van der Waals surface area contributed by atoms with E-state index in [1.54, 1.807) is 19.2 Å². The third-order valence-corrected chi connectivity index (χ3v) is 2.07. The van der Waals surface area contributed by atoms with Gasteiger partial charge in [0.15, 0.2) is 0 Å². The second-order valence-corrected chi connectivity index (χ2v) is 3.00. The molecular formula is C10H13NO2. The van der Waals surface area contributed by atoms with E-state index in [0.717, 1.165) is 12.0 Å². The smallest absolute Gasteiger partial charge is 0.312 e. The van der Waals surface area contributed by atoms with Crippen molar-refractivity contribution in [2.24, 2.45) is 0 Å². The lowest BCUT2D eigenvalue weighted by atomic mass is 10.1. The molecule has 0 aromatic carbocycles. The van der Waals surface area contributed by atoms with Crippen LogP contribution in [0.5, 0.6) is 0 Å². The number of nitrogens with zero attached hydrogens (tertiary/aromatic N) is 1. The molecule has 0 bridgehead atoms. The fraction of sp³-hybridized carbons (Fsp3) is 0.400. The minimum atomic E-state index is -0.836. The summed E-state index contributed by atoms with van der Waals surface area (Å²) in [5.41, 5.74) is 1.74. The Morgan fingerprint density at radius 1 is 1.62 bits per heavy atom. The summed E-state index contributed by atoms with van der Waals surface area (Å²) in [6.45, 7) is 3.67. The van der Waals surface area contributed by atoms with Crippen molar-refractivity contribution in [3.8, 4) is 0 Å². The topological polar surface area (TPSA) is 50.2 Å². The normalized spacial score (nSPS) is 12.5. The summed E-state index contributed by atoms with van der Waals surface area (Å²) in [7, 11) is 0. The van der Waals surface area contributed by atoms with Gasteiger partial charge in [-0.2, -0.15) is 0 Å². The van der Waals surface area contributed by atoms with E-state index in [0.29, 0.717) is 5.69 Å². The van der Waals surface area contributed by atoms with E-state index in [9.17, 15) is 4.79 Å². The second-order valence-electron chi connectivity index (χ2n) is 3.00. The Morgan fingerprint density at radius 2 is 2.31 bits per heavy atom. The van der Waals surface area contributed by atoms with E-state index in [-0.39, 0.29) is 0 Å². The maximum atomic E-state index is 10.6. The molecule has 3 heteroatoms. The zero-order valence-electron chi connectivity index (χ0n) is 7.82. The van der Waals surface area contributed by atoms with Gasteiger partial charge in [0.1, 0.15) is 0 Å². The van der Waals surface area contributed by atoms with E-state index in [4.69, 9.17) is 5.11 Å². The summed E-state index contributed by atoms with van der Waals surface area (Å²) in [5, 5.41) is 8.72. The van der Waals surface area contributed by atoms with Crippen molar-refractivity contribution in [3.05, 3.63) is 29.6 Å². The standard InChI is InChI=1S/C10H13NO2/c1-3-8-4-5-9(11-6-8)7(2)10(12)13/h4-7H,3H2,1-2H3,(H,12,13). The van der Waals surface area contributed by atoms with Crippen LogP contribution in [0, 0.1) is 0 Å². The number of aryl methyl sites for hydroxylation is 1. The van der Waals surface area contributed by atoms with Crippen molar-refractivity contribution in [1.29, 1.82) is 0 Å². The van der Waals surface area contributed by atoms with Gasteiger partial charge in [0.2, 0.25) is 0 Å². The van der Waals surface area contributed by atoms with E-state index >= 15 is 0 Å². The molecule has 0 saturated heterocycles. The number of hydrogen-bond donors (Lipinski definition) is 1. The molecule has 70 valence electrons. The van der Waals surface area contributed by atoms with Crippen LogP contribution in [0.25, 0.3) is 0 Å². The zero-order valence-corrected chi connectivity index (χ0v) is 7.82. The zero-order chi connectivity index (χ0) is 9.84. The summed E-state index contributed by atoms with van der Waals surface area (Å²) in [6.07, 6.45) is 2.66. The van der Waals surface area contributed by atoms with Gasteiger partial charge in [0.25, 0.3) is 0 Å². The van der Waals surface area contributed by atoms with Gasteiger partial charge in [-0.05, 0) is 25.0 Å². The van der Waals surface area contributed by atoms with Gasteiger partial charge in [-0.15, -0.1) is 0 Å². The van der Waals surface area contributed by atoms with Crippen LogP contribution in [-0.2, 0) is 11.2 Å². The molecule has 1 unspecified atom stereocenters. The summed E-state index contributed by atoms with van der Waals surface area (Å²) in [5.74, 6) is -1.36. The average molecular weight is 179 g/mol.